The molecule has 0 aliphatic carbocycles. The topological polar surface area (TPSA) is 138 Å². The van der Waals surface area contributed by atoms with E-state index in [0.717, 1.165) is 0 Å². The fraction of sp³-hybridized carbons (Fsp3) is 1.00. The summed E-state index contributed by atoms with van der Waals surface area (Å²) in [6.07, 6.45) is -7.81. The Morgan fingerprint density at radius 3 is 2.12 bits per heavy atom. The third kappa shape index (κ3) is 7.26. The molecule has 1 aliphatic rings. The van der Waals surface area contributed by atoms with Gasteiger partial charge in [-0.15, -0.1) is 0 Å². The van der Waals surface area contributed by atoms with Crippen LogP contribution in [0.4, 0.5) is 0 Å². The molecule has 8 atom stereocenters. The van der Waals surface area contributed by atoms with Gasteiger partial charge in [-0.3, -0.25) is 0 Å². The predicted octanol–water partition coefficient (Wildman–Crippen LogP) is -2.01. The standard InChI is InChI=1S/C15H30O9/c1-8(16)4-22-10(3)6-21-7-11-12(18)13(19)14(15(20)24-11)23-5-9(2)17/h8-20H,4-7H2,1-3H3/t8?,9?,10?,11-,12-,13+,14-,15-/m1/s1. The molecule has 3 unspecified atom stereocenters. The van der Waals surface area contributed by atoms with E-state index in [1.165, 1.54) is 6.92 Å². The van der Waals surface area contributed by atoms with E-state index in [2.05, 4.69) is 0 Å². The number of rotatable bonds is 10. The minimum absolute atomic E-state index is 0.0548. The predicted molar refractivity (Wildman–Crippen MR) is 82.2 cm³/mol. The van der Waals surface area contributed by atoms with Gasteiger partial charge in [0.05, 0.1) is 44.7 Å². The van der Waals surface area contributed by atoms with Crippen LogP contribution in [0.5, 0.6) is 0 Å². The van der Waals surface area contributed by atoms with Crippen LogP contribution in [0.25, 0.3) is 0 Å². The monoisotopic (exact) mass is 354 g/mol. The number of ether oxygens (including phenoxy) is 4. The second-order valence-electron chi connectivity index (χ2n) is 6.22. The van der Waals surface area contributed by atoms with Gasteiger partial charge in [0, 0.05) is 0 Å². The van der Waals surface area contributed by atoms with Crippen molar-refractivity contribution in [3.8, 4) is 0 Å². The third-order valence-corrected chi connectivity index (χ3v) is 3.45. The third-order valence-electron chi connectivity index (χ3n) is 3.45. The van der Waals surface area contributed by atoms with Gasteiger partial charge in [-0.2, -0.15) is 0 Å². The zero-order valence-corrected chi connectivity index (χ0v) is 14.3. The summed E-state index contributed by atoms with van der Waals surface area (Å²) in [5.74, 6) is 0. The molecule has 24 heavy (non-hydrogen) atoms. The Morgan fingerprint density at radius 2 is 1.54 bits per heavy atom. The van der Waals surface area contributed by atoms with E-state index in [9.17, 15) is 20.4 Å². The molecule has 0 aromatic carbocycles. The van der Waals surface area contributed by atoms with Crippen molar-refractivity contribution in [3.63, 3.8) is 0 Å². The van der Waals surface area contributed by atoms with Crippen molar-refractivity contribution in [2.75, 3.05) is 26.4 Å². The molecule has 0 amide bonds. The Hall–Kier alpha value is -0.360. The first-order valence-electron chi connectivity index (χ1n) is 8.09. The second kappa shape index (κ2) is 10.6. The normalized spacial score (nSPS) is 34.8. The van der Waals surface area contributed by atoms with Gasteiger partial charge in [-0.1, -0.05) is 0 Å². The first kappa shape index (κ1) is 21.7. The van der Waals surface area contributed by atoms with Crippen LogP contribution >= 0.6 is 0 Å². The SMILES string of the molecule is CC(O)COC(C)COC[C@H]1O[C@@H](O)[C@H](OCC(C)O)[C@@H](O)[C@@H]1O. The van der Waals surface area contributed by atoms with E-state index in [4.69, 9.17) is 24.1 Å². The van der Waals surface area contributed by atoms with Gasteiger partial charge >= 0.3 is 0 Å². The smallest absolute Gasteiger partial charge is 0.184 e. The maximum Gasteiger partial charge on any atom is 0.184 e. The Labute approximate surface area is 141 Å². The van der Waals surface area contributed by atoms with Crippen LogP contribution in [0.1, 0.15) is 20.8 Å². The Kier molecular flexibility index (Phi) is 9.57. The number of aliphatic hydroxyl groups excluding tert-OH is 5. The summed E-state index contributed by atoms with van der Waals surface area (Å²) in [4.78, 5) is 0. The summed E-state index contributed by atoms with van der Waals surface area (Å²) < 4.78 is 21.1. The first-order chi connectivity index (χ1) is 11.2. The van der Waals surface area contributed by atoms with Crippen molar-refractivity contribution in [2.24, 2.45) is 0 Å². The molecule has 0 saturated carbocycles. The lowest BCUT2D eigenvalue weighted by atomic mass is 9.99. The van der Waals surface area contributed by atoms with E-state index in [0.29, 0.717) is 0 Å². The fourth-order valence-electron chi connectivity index (χ4n) is 2.19. The van der Waals surface area contributed by atoms with Gasteiger partial charge in [-0.25, -0.2) is 0 Å². The average Bonchev–Trinajstić information content (AvgIpc) is 2.49. The maximum absolute atomic E-state index is 10.1. The number of hydrogen-bond donors (Lipinski definition) is 5. The zero-order chi connectivity index (χ0) is 18.3. The van der Waals surface area contributed by atoms with Crippen molar-refractivity contribution in [3.05, 3.63) is 0 Å². The van der Waals surface area contributed by atoms with E-state index < -0.39 is 42.9 Å². The molecule has 0 aromatic rings. The van der Waals surface area contributed by atoms with Crippen molar-refractivity contribution in [1.82, 2.24) is 0 Å². The molecule has 5 N–H and O–H groups in total. The fourth-order valence-corrected chi connectivity index (χ4v) is 2.19. The minimum Gasteiger partial charge on any atom is -0.391 e. The molecule has 0 bridgehead atoms. The largest absolute Gasteiger partial charge is 0.391 e. The molecule has 1 rings (SSSR count). The van der Waals surface area contributed by atoms with Gasteiger partial charge in [0.15, 0.2) is 6.29 Å². The van der Waals surface area contributed by atoms with Crippen LogP contribution in [0.15, 0.2) is 0 Å². The molecule has 9 heteroatoms. The summed E-state index contributed by atoms with van der Waals surface area (Å²) in [5, 5.41) is 48.3. The highest BCUT2D eigenvalue weighted by molar-refractivity contribution is 4.89. The summed E-state index contributed by atoms with van der Waals surface area (Å²) in [6, 6.07) is 0. The lowest BCUT2D eigenvalue weighted by Gasteiger charge is -2.40. The average molecular weight is 354 g/mol. The maximum atomic E-state index is 10.1. The molecule has 1 fully saturated rings. The zero-order valence-electron chi connectivity index (χ0n) is 14.3. The molecule has 9 nitrogen and oxygen atoms in total. The quantitative estimate of drug-likeness (QED) is 0.301. The van der Waals surface area contributed by atoms with Gasteiger partial charge in [0.25, 0.3) is 0 Å². The summed E-state index contributed by atoms with van der Waals surface area (Å²) >= 11 is 0. The summed E-state index contributed by atoms with van der Waals surface area (Å²) in [7, 11) is 0. The van der Waals surface area contributed by atoms with E-state index in [-0.39, 0.29) is 32.5 Å². The minimum atomic E-state index is -1.44. The molecule has 0 aromatic heterocycles. The lowest BCUT2D eigenvalue weighted by Crippen LogP contribution is -2.59. The van der Waals surface area contributed by atoms with Crippen LogP contribution in [-0.2, 0) is 18.9 Å². The molecule has 1 aliphatic heterocycles. The van der Waals surface area contributed by atoms with Gasteiger partial charge in [0.2, 0.25) is 0 Å². The summed E-state index contributed by atoms with van der Waals surface area (Å²) in [6.45, 7) is 5.11. The Bertz CT molecular complexity index is 339. The van der Waals surface area contributed by atoms with Gasteiger partial charge in [-0.05, 0) is 20.8 Å². The Morgan fingerprint density at radius 1 is 0.917 bits per heavy atom. The van der Waals surface area contributed by atoms with E-state index in [1.54, 1.807) is 13.8 Å². The van der Waals surface area contributed by atoms with Crippen LogP contribution in [0.3, 0.4) is 0 Å². The van der Waals surface area contributed by atoms with Crippen molar-refractivity contribution in [1.29, 1.82) is 0 Å². The summed E-state index contributed by atoms with van der Waals surface area (Å²) in [5.41, 5.74) is 0. The molecule has 144 valence electrons. The lowest BCUT2D eigenvalue weighted by molar-refractivity contribution is -0.300. The molecular formula is C15H30O9. The van der Waals surface area contributed by atoms with Crippen molar-refractivity contribution in [2.45, 2.75) is 69.8 Å². The molecule has 1 saturated heterocycles. The van der Waals surface area contributed by atoms with Crippen LogP contribution in [0, 0.1) is 0 Å². The van der Waals surface area contributed by atoms with Gasteiger partial charge < -0.3 is 44.5 Å². The van der Waals surface area contributed by atoms with E-state index >= 15 is 0 Å². The molecule has 1 heterocycles. The highest BCUT2D eigenvalue weighted by Crippen LogP contribution is 2.23. The molecule has 0 radical (unpaired) electrons. The van der Waals surface area contributed by atoms with Crippen LogP contribution in [-0.4, -0.2) is 101 Å². The van der Waals surface area contributed by atoms with Crippen LogP contribution in [0.2, 0.25) is 0 Å². The molecular weight excluding hydrogens is 324 g/mol. The molecule has 0 spiro atoms. The van der Waals surface area contributed by atoms with Gasteiger partial charge in [0.1, 0.15) is 24.4 Å². The highest BCUT2D eigenvalue weighted by Gasteiger charge is 2.44. The van der Waals surface area contributed by atoms with Crippen molar-refractivity contribution >= 4 is 0 Å². The second-order valence-corrected chi connectivity index (χ2v) is 6.22. The first-order valence-corrected chi connectivity index (χ1v) is 8.09. The van der Waals surface area contributed by atoms with E-state index in [1.807, 2.05) is 0 Å². The van der Waals surface area contributed by atoms with Crippen molar-refractivity contribution < 1.29 is 44.5 Å². The van der Waals surface area contributed by atoms with Crippen LogP contribution < -0.4 is 0 Å². The number of hydrogen-bond acceptors (Lipinski definition) is 9. The Balaban J connectivity index is 2.37. The number of aliphatic hydroxyl groups is 5. The highest BCUT2D eigenvalue weighted by atomic mass is 16.7.